The third-order valence-electron chi connectivity index (χ3n) is 1.83. The van der Waals surface area contributed by atoms with Crippen molar-refractivity contribution in [3.8, 4) is 0 Å². The lowest BCUT2D eigenvalue weighted by molar-refractivity contribution is 1.12. The van der Waals surface area contributed by atoms with Gasteiger partial charge in [0, 0.05) is 5.69 Å². The third kappa shape index (κ3) is 2.18. The molecule has 0 saturated carbocycles. The lowest BCUT2D eigenvalue weighted by Gasteiger charge is -2.14. The molecule has 1 unspecified atom stereocenters. The third-order valence-corrected chi connectivity index (χ3v) is 1.96. The number of para-hydroxylation sites is 1. The van der Waals surface area contributed by atoms with Crippen molar-refractivity contribution in [2.75, 3.05) is 5.32 Å². The Kier molecular flexibility index (Phi) is 3.04. The fourth-order valence-electron chi connectivity index (χ4n) is 1.25. The second-order valence-electron chi connectivity index (χ2n) is 3.09. The molecule has 0 aliphatic heterocycles. The number of hydrogen-bond acceptors (Lipinski definition) is 2. The molecule has 66 valence electrons. The van der Waals surface area contributed by atoms with Gasteiger partial charge in [-0.3, -0.25) is 0 Å². The first kappa shape index (κ1) is 9.46. The molecule has 1 N–H and O–H groups in total. The quantitative estimate of drug-likeness (QED) is 0.528. The molecule has 0 bridgehead atoms. The van der Waals surface area contributed by atoms with Gasteiger partial charge in [-0.1, -0.05) is 18.2 Å². The normalized spacial score (nSPS) is 12.7. The molecule has 2 heteroatoms. The molecule has 0 amide bonds. The van der Waals surface area contributed by atoms with Crippen LogP contribution in [0.25, 0.3) is 0 Å². The Labute approximate surface area is 79.6 Å². The summed E-state index contributed by atoms with van der Waals surface area (Å²) >= 11 is 4.29. The molecule has 1 aromatic carbocycles. The van der Waals surface area contributed by atoms with Crippen molar-refractivity contribution in [2.24, 2.45) is 0 Å². The van der Waals surface area contributed by atoms with Gasteiger partial charge >= 0.3 is 0 Å². The number of hydrogen-bond donors (Lipinski definition) is 2. The van der Waals surface area contributed by atoms with Gasteiger partial charge in [-0.15, -0.1) is 0 Å². The molecule has 12 heavy (non-hydrogen) atoms. The minimum absolute atomic E-state index is 0.199. The zero-order valence-electron chi connectivity index (χ0n) is 7.76. The van der Waals surface area contributed by atoms with E-state index >= 15 is 0 Å². The molecule has 0 aliphatic carbocycles. The smallest absolute Gasteiger partial charge is 0.0665 e. The van der Waals surface area contributed by atoms with Crippen LogP contribution in [0.3, 0.4) is 0 Å². The topological polar surface area (TPSA) is 12.0 Å². The summed E-state index contributed by atoms with van der Waals surface area (Å²) < 4.78 is 0. The second kappa shape index (κ2) is 3.85. The molecule has 0 spiro atoms. The predicted octanol–water partition coefficient (Wildman–Crippen LogP) is 2.99. The van der Waals surface area contributed by atoms with Gasteiger partial charge in [0.05, 0.1) is 5.37 Å². The maximum Gasteiger partial charge on any atom is 0.0665 e. The van der Waals surface area contributed by atoms with E-state index in [2.05, 4.69) is 50.0 Å². The minimum Gasteiger partial charge on any atom is -0.373 e. The molecule has 1 aromatic rings. The van der Waals surface area contributed by atoms with Gasteiger partial charge in [-0.05, 0) is 31.9 Å². The van der Waals surface area contributed by atoms with Gasteiger partial charge in [0.2, 0.25) is 0 Å². The van der Waals surface area contributed by atoms with E-state index in [9.17, 15) is 0 Å². The number of rotatable bonds is 2. The fraction of sp³-hybridized carbons (Fsp3) is 0.400. The Morgan fingerprint density at radius 2 is 1.75 bits per heavy atom. The first-order chi connectivity index (χ1) is 5.61. The van der Waals surface area contributed by atoms with Gasteiger partial charge in [0.25, 0.3) is 0 Å². The first-order valence-corrected chi connectivity index (χ1v) is 4.63. The van der Waals surface area contributed by atoms with E-state index in [1.165, 1.54) is 16.8 Å². The van der Waals surface area contributed by atoms with E-state index in [4.69, 9.17) is 0 Å². The molecule has 0 saturated heterocycles. The maximum absolute atomic E-state index is 4.29. The van der Waals surface area contributed by atoms with E-state index in [0.717, 1.165) is 0 Å². The van der Waals surface area contributed by atoms with Gasteiger partial charge in [-0.2, -0.15) is 12.6 Å². The molecule has 0 fully saturated rings. The SMILES string of the molecule is Cc1cccc(C)c1NC(C)S. The van der Waals surface area contributed by atoms with Gasteiger partial charge in [-0.25, -0.2) is 0 Å². The highest BCUT2D eigenvalue weighted by Crippen LogP contribution is 2.20. The van der Waals surface area contributed by atoms with Crippen molar-refractivity contribution < 1.29 is 0 Å². The highest BCUT2D eigenvalue weighted by molar-refractivity contribution is 7.81. The van der Waals surface area contributed by atoms with E-state index in [0.29, 0.717) is 0 Å². The van der Waals surface area contributed by atoms with Gasteiger partial charge < -0.3 is 5.32 Å². The number of nitrogens with one attached hydrogen (secondary N) is 1. The van der Waals surface area contributed by atoms with Crippen LogP contribution in [0.5, 0.6) is 0 Å². The summed E-state index contributed by atoms with van der Waals surface area (Å²) in [6, 6.07) is 6.27. The number of aryl methyl sites for hydroxylation is 2. The van der Waals surface area contributed by atoms with Crippen molar-refractivity contribution in [3.05, 3.63) is 29.3 Å². The van der Waals surface area contributed by atoms with E-state index in [-0.39, 0.29) is 5.37 Å². The summed E-state index contributed by atoms with van der Waals surface area (Å²) in [5, 5.41) is 3.50. The van der Waals surface area contributed by atoms with Crippen LogP contribution < -0.4 is 5.32 Å². The molecule has 1 rings (SSSR count). The Morgan fingerprint density at radius 1 is 1.25 bits per heavy atom. The van der Waals surface area contributed by atoms with Crippen LogP contribution in [0.1, 0.15) is 18.1 Å². The van der Waals surface area contributed by atoms with Crippen molar-refractivity contribution in [1.82, 2.24) is 0 Å². The summed E-state index contributed by atoms with van der Waals surface area (Å²) in [5.74, 6) is 0. The Morgan fingerprint density at radius 3 is 2.17 bits per heavy atom. The largest absolute Gasteiger partial charge is 0.373 e. The van der Waals surface area contributed by atoms with E-state index in [1.54, 1.807) is 0 Å². The zero-order valence-corrected chi connectivity index (χ0v) is 8.65. The van der Waals surface area contributed by atoms with Crippen LogP contribution in [0.4, 0.5) is 5.69 Å². The van der Waals surface area contributed by atoms with Gasteiger partial charge in [0.1, 0.15) is 0 Å². The molecular formula is C10H15NS. The van der Waals surface area contributed by atoms with Crippen LogP contribution in [-0.2, 0) is 0 Å². The van der Waals surface area contributed by atoms with Crippen molar-refractivity contribution >= 4 is 18.3 Å². The van der Waals surface area contributed by atoms with Crippen LogP contribution in [0, 0.1) is 13.8 Å². The van der Waals surface area contributed by atoms with Crippen molar-refractivity contribution in [3.63, 3.8) is 0 Å². The summed E-state index contributed by atoms with van der Waals surface area (Å²) in [4.78, 5) is 0. The molecule has 0 aliphatic rings. The monoisotopic (exact) mass is 181 g/mol. The number of anilines is 1. The van der Waals surface area contributed by atoms with E-state index < -0.39 is 0 Å². The van der Waals surface area contributed by atoms with Crippen LogP contribution >= 0.6 is 12.6 Å². The molecule has 0 heterocycles. The zero-order chi connectivity index (χ0) is 9.14. The predicted molar refractivity (Wildman–Crippen MR) is 58.0 cm³/mol. The lowest BCUT2D eigenvalue weighted by atomic mass is 10.1. The van der Waals surface area contributed by atoms with Crippen LogP contribution in [0.15, 0.2) is 18.2 Å². The van der Waals surface area contributed by atoms with Crippen molar-refractivity contribution in [1.29, 1.82) is 0 Å². The Balaban J connectivity index is 2.96. The average molecular weight is 181 g/mol. The highest BCUT2D eigenvalue weighted by Gasteiger charge is 2.01. The maximum atomic E-state index is 4.29. The Bertz CT molecular complexity index is 248. The summed E-state index contributed by atoms with van der Waals surface area (Å²) in [6.07, 6.45) is 0. The molecule has 0 radical (unpaired) electrons. The minimum atomic E-state index is 0.199. The average Bonchev–Trinajstić information content (AvgIpc) is 1.97. The molecule has 1 nitrogen and oxygen atoms in total. The van der Waals surface area contributed by atoms with Crippen molar-refractivity contribution in [2.45, 2.75) is 26.1 Å². The second-order valence-corrected chi connectivity index (χ2v) is 3.86. The summed E-state index contributed by atoms with van der Waals surface area (Å²) in [7, 11) is 0. The summed E-state index contributed by atoms with van der Waals surface area (Å²) in [6.45, 7) is 6.23. The first-order valence-electron chi connectivity index (χ1n) is 4.12. The number of benzene rings is 1. The number of thiol groups is 1. The summed E-state index contributed by atoms with van der Waals surface area (Å²) in [5.41, 5.74) is 3.76. The standard InChI is InChI=1S/C10H15NS/c1-7-5-4-6-8(2)10(7)11-9(3)12/h4-6,9,11-12H,1-3H3. The lowest BCUT2D eigenvalue weighted by Crippen LogP contribution is -2.09. The highest BCUT2D eigenvalue weighted by atomic mass is 32.1. The molecular weight excluding hydrogens is 166 g/mol. The Hall–Kier alpha value is -0.630. The van der Waals surface area contributed by atoms with Crippen LogP contribution in [0.2, 0.25) is 0 Å². The van der Waals surface area contributed by atoms with E-state index in [1.807, 2.05) is 6.92 Å². The fourth-order valence-corrected chi connectivity index (χ4v) is 1.38. The van der Waals surface area contributed by atoms with Crippen LogP contribution in [-0.4, -0.2) is 5.37 Å². The molecule has 1 atom stereocenters. The van der Waals surface area contributed by atoms with Gasteiger partial charge in [0.15, 0.2) is 0 Å². The molecule has 0 aromatic heterocycles.